The summed E-state index contributed by atoms with van der Waals surface area (Å²) in [6.45, 7) is 8.38. The second kappa shape index (κ2) is 9.04. The fraction of sp³-hybridized carbons (Fsp3) is 0.462. The molecular weight excluding hydrogens is 398 g/mol. The normalized spacial score (nSPS) is 20.7. The van der Waals surface area contributed by atoms with E-state index in [0.717, 1.165) is 52.1 Å². The number of nitrogens with one attached hydrogen (secondary N) is 1. The van der Waals surface area contributed by atoms with Crippen molar-refractivity contribution in [2.45, 2.75) is 25.7 Å². The first kappa shape index (κ1) is 21.2. The molecule has 2 saturated heterocycles. The quantitative estimate of drug-likeness (QED) is 0.687. The van der Waals surface area contributed by atoms with Crippen LogP contribution in [0.1, 0.15) is 30.0 Å². The number of likely N-dealkylation sites (tertiary alicyclic amines) is 1. The minimum Gasteiger partial charge on any atom is -0.358 e. The summed E-state index contributed by atoms with van der Waals surface area (Å²) in [5.74, 6) is 0.590. The molecule has 1 amide bonds. The Balaban J connectivity index is 1.41. The maximum absolute atomic E-state index is 13.1. The smallest absolute Gasteiger partial charge is 0.236 e. The Morgan fingerprint density at radius 2 is 1.88 bits per heavy atom. The lowest BCUT2D eigenvalue weighted by atomic mass is 9.89. The number of nitrogens with zero attached hydrogens (tertiary/aromatic N) is 4. The van der Waals surface area contributed by atoms with Gasteiger partial charge in [-0.3, -0.25) is 14.7 Å². The highest BCUT2D eigenvalue weighted by molar-refractivity contribution is 5.98. The Morgan fingerprint density at radius 3 is 2.66 bits per heavy atom. The number of carbonyl (C=O) groups excluding carboxylic acids is 1. The van der Waals surface area contributed by atoms with Crippen LogP contribution in [0.15, 0.2) is 42.7 Å². The number of carbonyl (C=O) groups is 1. The molecule has 0 radical (unpaired) electrons. The Labute approximate surface area is 190 Å². The van der Waals surface area contributed by atoms with Gasteiger partial charge in [-0.05, 0) is 56.6 Å². The second-order valence-corrected chi connectivity index (χ2v) is 9.46. The van der Waals surface area contributed by atoms with Crippen LogP contribution in [0.4, 0.5) is 0 Å². The molecular formula is C26H33N5O. The van der Waals surface area contributed by atoms with Gasteiger partial charge in [0.15, 0.2) is 0 Å². The number of aryl methyl sites for hydroxylation is 1. The minimum atomic E-state index is 0.275. The predicted octanol–water partition coefficient (Wildman–Crippen LogP) is 3.49. The van der Waals surface area contributed by atoms with Crippen LogP contribution in [0.3, 0.4) is 0 Å². The molecule has 0 bridgehead atoms. The van der Waals surface area contributed by atoms with Gasteiger partial charge in [-0.15, -0.1) is 0 Å². The molecule has 3 aromatic rings. The number of aromatic nitrogens is 2. The van der Waals surface area contributed by atoms with E-state index >= 15 is 0 Å². The van der Waals surface area contributed by atoms with E-state index < -0.39 is 0 Å². The van der Waals surface area contributed by atoms with Gasteiger partial charge >= 0.3 is 0 Å². The third kappa shape index (κ3) is 4.30. The highest BCUT2D eigenvalue weighted by Gasteiger charge is 2.29. The average Bonchev–Trinajstić information content (AvgIpc) is 3.20. The van der Waals surface area contributed by atoms with E-state index in [0.29, 0.717) is 12.5 Å². The Kier molecular flexibility index (Phi) is 5.98. The number of piperidine rings is 1. The summed E-state index contributed by atoms with van der Waals surface area (Å²) in [5.41, 5.74) is 6.13. The number of hydrogen-bond acceptors (Lipinski definition) is 4. The van der Waals surface area contributed by atoms with E-state index in [-0.39, 0.29) is 5.91 Å². The number of aromatic amines is 1. The van der Waals surface area contributed by atoms with Gasteiger partial charge in [-0.1, -0.05) is 11.6 Å². The van der Waals surface area contributed by atoms with Crippen molar-refractivity contribution < 1.29 is 4.79 Å². The number of amides is 1. The van der Waals surface area contributed by atoms with E-state index in [1.54, 1.807) is 0 Å². The van der Waals surface area contributed by atoms with Crippen LogP contribution >= 0.6 is 0 Å². The lowest BCUT2D eigenvalue weighted by Gasteiger charge is -2.36. The van der Waals surface area contributed by atoms with E-state index in [1.807, 2.05) is 12.4 Å². The summed E-state index contributed by atoms with van der Waals surface area (Å²) in [5, 5.41) is 1.26. The van der Waals surface area contributed by atoms with Gasteiger partial charge in [0.1, 0.15) is 0 Å². The third-order valence-electron chi connectivity index (χ3n) is 7.09. The lowest BCUT2D eigenvalue weighted by Crippen LogP contribution is -2.50. The van der Waals surface area contributed by atoms with E-state index in [4.69, 9.17) is 0 Å². The van der Waals surface area contributed by atoms with Gasteiger partial charge in [0.05, 0.1) is 6.54 Å². The molecule has 168 valence electrons. The molecule has 1 unspecified atom stereocenters. The van der Waals surface area contributed by atoms with Crippen LogP contribution in [0, 0.1) is 6.92 Å². The van der Waals surface area contributed by atoms with E-state index in [9.17, 15) is 4.79 Å². The molecule has 6 heteroatoms. The fourth-order valence-electron chi connectivity index (χ4n) is 5.20. The first-order chi connectivity index (χ1) is 15.6. The molecule has 0 saturated carbocycles. The zero-order valence-electron chi connectivity index (χ0n) is 19.2. The zero-order chi connectivity index (χ0) is 22.1. The number of piperazine rings is 1. The highest BCUT2D eigenvalue weighted by Crippen LogP contribution is 2.39. The van der Waals surface area contributed by atoms with Crippen LogP contribution in [-0.4, -0.2) is 83.4 Å². The number of H-pyrrole nitrogens is 1. The summed E-state index contributed by atoms with van der Waals surface area (Å²) in [6.07, 6.45) is 5.87. The summed E-state index contributed by atoms with van der Waals surface area (Å²) < 4.78 is 0. The molecule has 1 atom stereocenters. The molecule has 32 heavy (non-hydrogen) atoms. The minimum absolute atomic E-state index is 0.275. The summed E-state index contributed by atoms with van der Waals surface area (Å²) in [7, 11) is 2.15. The SMILES string of the molecule is Cc1ccc2[nH]c(C3CCCN(C(=O)CN4CCN(C)CC4)C3)c(-c3ccncc3)c2c1. The maximum atomic E-state index is 13.1. The number of rotatable bonds is 4. The Morgan fingerprint density at radius 1 is 1.09 bits per heavy atom. The molecule has 1 N–H and O–H groups in total. The van der Waals surface area contributed by atoms with Gasteiger partial charge in [-0.2, -0.15) is 0 Å². The van der Waals surface area contributed by atoms with Crippen LogP contribution in [0.2, 0.25) is 0 Å². The number of benzene rings is 1. The number of hydrogen-bond donors (Lipinski definition) is 1. The fourth-order valence-corrected chi connectivity index (χ4v) is 5.20. The molecule has 0 aliphatic carbocycles. The first-order valence-electron chi connectivity index (χ1n) is 11.8. The average molecular weight is 432 g/mol. The van der Waals surface area contributed by atoms with E-state index in [2.05, 4.69) is 69.0 Å². The molecule has 5 rings (SSSR count). The molecule has 2 aliphatic rings. The molecule has 6 nitrogen and oxygen atoms in total. The maximum Gasteiger partial charge on any atom is 0.236 e. The molecule has 2 aromatic heterocycles. The van der Waals surface area contributed by atoms with Crippen LogP contribution < -0.4 is 0 Å². The summed E-state index contributed by atoms with van der Waals surface area (Å²) in [4.78, 5) is 27.8. The van der Waals surface area contributed by atoms with Crippen molar-refractivity contribution in [1.29, 1.82) is 0 Å². The summed E-state index contributed by atoms with van der Waals surface area (Å²) in [6, 6.07) is 10.8. The largest absolute Gasteiger partial charge is 0.358 e. The summed E-state index contributed by atoms with van der Waals surface area (Å²) >= 11 is 0. The number of pyridine rings is 1. The zero-order valence-corrected chi connectivity index (χ0v) is 19.2. The Hall–Kier alpha value is -2.70. The second-order valence-electron chi connectivity index (χ2n) is 9.46. The molecule has 2 aliphatic heterocycles. The monoisotopic (exact) mass is 431 g/mol. The van der Waals surface area contributed by atoms with Gasteiger partial charge in [0, 0.05) is 79.7 Å². The van der Waals surface area contributed by atoms with Crippen LogP contribution in [0.25, 0.3) is 22.0 Å². The van der Waals surface area contributed by atoms with Gasteiger partial charge < -0.3 is 14.8 Å². The molecule has 2 fully saturated rings. The van der Waals surface area contributed by atoms with Crippen LogP contribution in [0.5, 0.6) is 0 Å². The molecule has 1 aromatic carbocycles. The Bertz CT molecular complexity index is 1080. The van der Waals surface area contributed by atoms with Crippen molar-refractivity contribution in [2.24, 2.45) is 0 Å². The van der Waals surface area contributed by atoms with Crippen molar-refractivity contribution >= 4 is 16.8 Å². The predicted molar refractivity (Wildman–Crippen MR) is 129 cm³/mol. The number of fused-ring (bicyclic) bond motifs is 1. The molecule has 0 spiro atoms. The molecule has 4 heterocycles. The topological polar surface area (TPSA) is 55.5 Å². The van der Waals surface area contributed by atoms with Gasteiger partial charge in [0.25, 0.3) is 0 Å². The highest BCUT2D eigenvalue weighted by atomic mass is 16.2. The van der Waals surface area contributed by atoms with Crippen molar-refractivity contribution in [1.82, 2.24) is 24.7 Å². The van der Waals surface area contributed by atoms with E-state index in [1.165, 1.54) is 33.3 Å². The standard InChI is InChI=1S/C26H33N5O/c1-19-5-6-23-22(16-19)25(20-7-9-27-10-8-20)26(28-23)21-4-3-11-31(17-21)24(32)18-30-14-12-29(2)13-15-30/h5-10,16,21,28H,3-4,11-15,17-18H2,1-2H3. The van der Waals surface area contributed by atoms with Crippen molar-refractivity contribution in [3.63, 3.8) is 0 Å². The first-order valence-corrected chi connectivity index (χ1v) is 11.8. The lowest BCUT2D eigenvalue weighted by molar-refractivity contribution is -0.134. The van der Waals surface area contributed by atoms with Crippen molar-refractivity contribution in [2.75, 3.05) is 52.9 Å². The van der Waals surface area contributed by atoms with Crippen molar-refractivity contribution in [3.8, 4) is 11.1 Å². The van der Waals surface area contributed by atoms with Gasteiger partial charge in [-0.25, -0.2) is 0 Å². The van der Waals surface area contributed by atoms with Crippen LogP contribution in [-0.2, 0) is 4.79 Å². The van der Waals surface area contributed by atoms with Gasteiger partial charge in [0.2, 0.25) is 5.91 Å². The third-order valence-corrected chi connectivity index (χ3v) is 7.09. The van der Waals surface area contributed by atoms with Crippen molar-refractivity contribution in [3.05, 3.63) is 54.0 Å². The number of likely N-dealkylation sites (N-methyl/N-ethyl adjacent to an activating group) is 1.